The fourth-order valence-electron chi connectivity index (χ4n) is 1.88. The predicted molar refractivity (Wildman–Crippen MR) is 62.6 cm³/mol. The minimum Gasteiger partial charge on any atom is -0.383 e. The van der Waals surface area contributed by atoms with Crippen molar-refractivity contribution in [2.24, 2.45) is 0 Å². The predicted octanol–water partition coefficient (Wildman–Crippen LogP) is 1.38. The second-order valence-corrected chi connectivity index (χ2v) is 4.06. The minimum atomic E-state index is 0.0121. The molecule has 1 aromatic rings. The lowest BCUT2D eigenvalue weighted by Gasteiger charge is -2.14. The number of hydrogen-bond acceptors (Lipinski definition) is 3. The number of hydrogen-bond donors (Lipinski definition) is 2. The molecule has 1 heterocycles. The van der Waals surface area contributed by atoms with E-state index in [-0.39, 0.29) is 11.9 Å². The highest BCUT2D eigenvalue weighted by atomic mass is 16.5. The summed E-state index contributed by atoms with van der Waals surface area (Å²) in [6, 6.07) is 6.09. The van der Waals surface area contributed by atoms with Gasteiger partial charge in [0.15, 0.2) is 0 Å². The molecule has 0 bridgehead atoms. The monoisotopic (exact) mass is 220 g/mol. The average Bonchev–Trinajstić information content (AvgIpc) is 2.61. The molecule has 0 saturated heterocycles. The molecule has 86 valence electrons. The molecule has 0 saturated carbocycles. The maximum atomic E-state index is 11.5. The van der Waals surface area contributed by atoms with Crippen molar-refractivity contribution in [1.29, 1.82) is 0 Å². The standard InChI is InChI=1S/C12H16N2O2/c1-8(7-16-2)14-10-4-3-9-6-13-12(15)11(9)5-10/h3-5,8,14H,6-7H2,1-2H3,(H,13,15). The number of carbonyl (C=O) groups is 1. The first kappa shape index (κ1) is 11.0. The smallest absolute Gasteiger partial charge is 0.251 e. The maximum Gasteiger partial charge on any atom is 0.251 e. The summed E-state index contributed by atoms with van der Waals surface area (Å²) in [7, 11) is 1.67. The number of carbonyl (C=O) groups excluding carboxylic acids is 1. The van der Waals surface area contributed by atoms with Crippen LogP contribution in [0.1, 0.15) is 22.8 Å². The van der Waals surface area contributed by atoms with Crippen molar-refractivity contribution in [1.82, 2.24) is 5.32 Å². The van der Waals surface area contributed by atoms with Gasteiger partial charge < -0.3 is 15.4 Å². The van der Waals surface area contributed by atoms with Gasteiger partial charge in [-0.3, -0.25) is 4.79 Å². The molecule has 0 fully saturated rings. The minimum absolute atomic E-state index is 0.0121. The number of rotatable bonds is 4. The number of benzene rings is 1. The van der Waals surface area contributed by atoms with E-state index in [4.69, 9.17) is 4.74 Å². The van der Waals surface area contributed by atoms with Gasteiger partial charge in [-0.25, -0.2) is 0 Å². The van der Waals surface area contributed by atoms with Crippen LogP contribution in [0.15, 0.2) is 18.2 Å². The van der Waals surface area contributed by atoms with Gasteiger partial charge in [-0.05, 0) is 24.6 Å². The van der Waals surface area contributed by atoms with Crippen molar-refractivity contribution in [2.75, 3.05) is 19.0 Å². The van der Waals surface area contributed by atoms with E-state index in [0.717, 1.165) is 16.8 Å². The quantitative estimate of drug-likeness (QED) is 0.806. The molecule has 1 aromatic carbocycles. The van der Waals surface area contributed by atoms with Crippen LogP contribution in [0, 0.1) is 0 Å². The average molecular weight is 220 g/mol. The van der Waals surface area contributed by atoms with E-state index in [0.29, 0.717) is 13.2 Å². The van der Waals surface area contributed by atoms with Crippen LogP contribution in [-0.2, 0) is 11.3 Å². The van der Waals surface area contributed by atoms with E-state index in [1.54, 1.807) is 7.11 Å². The van der Waals surface area contributed by atoms with Crippen molar-refractivity contribution >= 4 is 11.6 Å². The fourth-order valence-corrected chi connectivity index (χ4v) is 1.88. The van der Waals surface area contributed by atoms with Crippen LogP contribution in [0.25, 0.3) is 0 Å². The molecule has 2 N–H and O–H groups in total. The molecular weight excluding hydrogens is 204 g/mol. The van der Waals surface area contributed by atoms with Crippen molar-refractivity contribution in [3.05, 3.63) is 29.3 Å². The largest absolute Gasteiger partial charge is 0.383 e. The summed E-state index contributed by atoms with van der Waals surface area (Å²) in [6.45, 7) is 3.32. The summed E-state index contributed by atoms with van der Waals surface area (Å²) in [5.41, 5.74) is 2.80. The van der Waals surface area contributed by atoms with E-state index >= 15 is 0 Å². The zero-order chi connectivity index (χ0) is 11.5. The topological polar surface area (TPSA) is 50.4 Å². The molecular formula is C12H16N2O2. The van der Waals surface area contributed by atoms with Crippen LogP contribution in [-0.4, -0.2) is 25.7 Å². The van der Waals surface area contributed by atoms with Gasteiger partial charge in [0.05, 0.1) is 6.61 Å². The van der Waals surface area contributed by atoms with Crippen LogP contribution >= 0.6 is 0 Å². The highest BCUT2D eigenvalue weighted by molar-refractivity contribution is 5.99. The number of anilines is 1. The number of fused-ring (bicyclic) bond motifs is 1. The van der Waals surface area contributed by atoms with Gasteiger partial charge in [0, 0.05) is 30.9 Å². The molecule has 1 aliphatic rings. The van der Waals surface area contributed by atoms with E-state index in [2.05, 4.69) is 10.6 Å². The van der Waals surface area contributed by atoms with Gasteiger partial charge in [-0.1, -0.05) is 6.07 Å². The summed E-state index contributed by atoms with van der Waals surface area (Å²) in [5.74, 6) is 0.0121. The van der Waals surface area contributed by atoms with Gasteiger partial charge in [0.2, 0.25) is 0 Å². The Bertz CT molecular complexity index is 404. The van der Waals surface area contributed by atoms with Gasteiger partial charge in [-0.2, -0.15) is 0 Å². The summed E-state index contributed by atoms with van der Waals surface area (Å²) in [5, 5.41) is 6.09. The van der Waals surface area contributed by atoms with Crippen LogP contribution < -0.4 is 10.6 Å². The Balaban J connectivity index is 2.12. The number of ether oxygens (including phenoxy) is 1. The van der Waals surface area contributed by atoms with E-state index in [1.165, 1.54) is 0 Å². The van der Waals surface area contributed by atoms with E-state index < -0.39 is 0 Å². The fraction of sp³-hybridized carbons (Fsp3) is 0.417. The zero-order valence-corrected chi connectivity index (χ0v) is 9.54. The Labute approximate surface area is 95.0 Å². The SMILES string of the molecule is COCC(C)Nc1ccc2c(c1)C(=O)NC2. The molecule has 0 spiro atoms. The summed E-state index contributed by atoms with van der Waals surface area (Å²) in [4.78, 5) is 11.5. The van der Waals surface area contributed by atoms with Gasteiger partial charge in [-0.15, -0.1) is 0 Å². The number of methoxy groups -OCH3 is 1. The molecule has 1 amide bonds. The molecule has 1 atom stereocenters. The van der Waals surface area contributed by atoms with E-state index in [1.807, 2.05) is 25.1 Å². The van der Waals surface area contributed by atoms with Crippen molar-refractivity contribution in [3.63, 3.8) is 0 Å². The number of amides is 1. The third kappa shape index (κ3) is 2.17. The molecule has 0 aliphatic carbocycles. The van der Waals surface area contributed by atoms with Crippen LogP contribution in [0.4, 0.5) is 5.69 Å². The first-order valence-corrected chi connectivity index (χ1v) is 5.37. The molecule has 4 nitrogen and oxygen atoms in total. The Morgan fingerprint density at radius 2 is 2.38 bits per heavy atom. The normalized spacial score (nSPS) is 15.5. The van der Waals surface area contributed by atoms with Crippen LogP contribution in [0.3, 0.4) is 0 Å². The van der Waals surface area contributed by atoms with Crippen molar-refractivity contribution in [2.45, 2.75) is 19.5 Å². The second-order valence-electron chi connectivity index (χ2n) is 4.06. The molecule has 0 aromatic heterocycles. The molecule has 1 unspecified atom stereocenters. The maximum absolute atomic E-state index is 11.5. The lowest BCUT2D eigenvalue weighted by atomic mass is 10.1. The van der Waals surface area contributed by atoms with Crippen LogP contribution in [0.2, 0.25) is 0 Å². The zero-order valence-electron chi connectivity index (χ0n) is 9.54. The lowest BCUT2D eigenvalue weighted by Crippen LogP contribution is -2.21. The second kappa shape index (κ2) is 4.53. The summed E-state index contributed by atoms with van der Waals surface area (Å²) < 4.78 is 5.05. The first-order chi connectivity index (χ1) is 7.70. The third-order valence-electron chi connectivity index (χ3n) is 2.62. The highest BCUT2D eigenvalue weighted by Gasteiger charge is 2.18. The van der Waals surface area contributed by atoms with Gasteiger partial charge in [0.1, 0.15) is 0 Å². The molecule has 1 aliphatic heterocycles. The Morgan fingerprint density at radius 3 is 3.12 bits per heavy atom. The van der Waals surface area contributed by atoms with Crippen molar-refractivity contribution in [3.8, 4) is 0 Å². The van der Waals surface area contributed by atoms with Gasteiger partial charge in [0.25, 0.3) is 5.91 Å². The van der Waals surface area contributed by atoms with Gasteiger partial charge >= 0.3 is 0 Å². The first-order valence-electron chi connectivity index (χ1n) is 5.37. The highest BCUT2D eigenvalue weighted by Crippen LogP contribution is 2.20. The van der Waals surface area contributed by atoms with Crippen molar-refractivity contribution < 1.29 is 9.53 Å². The molecule has 2 rings (SSSR count). The molecule has 4 heteroatoms. The molecule has 16 heavy (non-hydrogen) atoms. The summed E-state index contributed by atoms with van der Waals surface area (Å²) in [6.07, 6.45) is 0. The Morgan fingerprint density at radius 1 is 1.56 bits per heavy atom. The molecule has 0 radical (unpaired) electrons. The lowest BCUT2D eigenvalue weighted by molar-refractivity contribution is 0.0966. The Hall–Kier alpha value is -1.55. The third-order valence-corrected chi connectivity index (χ3v) is 2.62. The number of nitrogens with one attached hydrogen (secondary N) is 2. The van der Waals surface area contributed by atoms with Crippen LogP contribution in [0.5, 0.6) is 0 Å². The van der Waals surface area contributed by atoms with E-state index in [9.17, 15) is 4.79 Å². The summed E-state index contributed by atoms with van der Waals surface area (Å²) >= 11 is 0. The Kier molecular flexibility index (Phi) is 3.10.